The molecule has 1 atom stereocenters. The van der Waals surface area contributed by atoms with Crippen LogP contribution < -0.4 is 5.73 Å². The van der Waals surface area contributed by atoms with Crippen LogP contribution in [0.25, 0.3) is 11.3 Å². The van der Waals surface area contributed by atoms with Crippen molar-refractivity contribution in [2.45, 2.75) is 19.4 Å². The number of nitrogens with two attached hydrogens (primary N) is 1. The van der Waals surface area contributed by atoms with E-state index in [-0.39, 0.29) is 6.04 Å². The molecule has 0 amide bonds. The molecule has 0 aliphatic carbocycles. The summed E-state index contributed by atoms with van der Waals surface area (Å²) < 4.78 is 0. The number of nitrogens with zero attached hydrogens (tertiary/aromatic N) is 1. The van der Waals surface area contributed by atoms with Gasteiger partial charge in [-0.05, 0) is 18.1 Å². The molecule has 3 heteroatoms. The molecule has 0 saturated carbocycles. The lowest BCUT2D eigenvalue weighted by molar-refractivity contribution is 0.695. The summed E-state index contributed by atoms with van der Waals surface area (Å²) in [6.45, 7) is 2.10. The van der Waals surface area contributed by atoms with Crippen LogP contribution in [0.5, 0.6) is 0 Å². The van der Waals surface area contributed by atoms with Crippen LogP contribution in [0.15, 0.2) is 60.8 Å². The topological polar surface area (TPSA) is 54.7 Å². The summed E-state index contributed by atoms with van der Waals surface area (Å²) in [5, 5.41) is 0. The van der Waals surface area contributed by atoms with Crippen molar-refractivity contribution in [3.8, 4) is 11.3 Å². The highest BCUT2D eigenvalue weighted by Crippen LogP contribution is 2.22. The third kappa shape index (κ3) is 3.03. The Morgan fingerprint density at radius 1 is 1.05 bits per heavy atom. The summed E-state index contributed by atoms with van der Waals surface area (Å²) in [6.07, 6.45) is 2.59. The van der Waals surface area contributed by atoms with Gasteiger partial charge in [0, 0.05) is 18.0 Å². The second-order valence-corrected chi connectivity index (χ2v) is 5.28. The summed E-state index contributed by atoms with van der Waals surface area (Å²) in [5.74, 6) is 0.921. The number of benzene rings is 2. The molecule has 21 heavy (non-hydrogen) atoms. The van der Waals surface area contributed by atoms with Crippen LogP contribution in [-0.4, -0.2) is 9.97 Å². The summed E-state index contributed by atoms with van der Waals surface area (Å²) in [7, 11) is 0. The predicted molar refractivity (Wildman–Crippen MR) is 85.8 cm³/mol. The molecule has 3 nitrogen and oxygen atoms in total. The molecule has 106 valence electrons. The van der Waals surface area contributed by atoms with Gasteiger partial charge in [0.1, 0.15) is 5.82 Å². The average Bonchev–Trinajstić information content (AvgIpc) is 2.97. The lowest BCUT2D eigenvalue weighted by Gasteiger charge is -2.10. The molecule has 0 aliphatic rings. The van der Waals surface area contributed by atoms with Crippen molar-refractivity contribution in [3.05, 3.63) is 77.7 Å². The molecule has 3 N–H and O–H groups in total. The molecular weight excluding hydrogens is 258 g/mol. The standard InChI is InChI=1S/C18H19N3/c1-13-7-5-6-10-15(13)17-12-20-18(21-17)11-16(19)14-8-3-2-4-9-14/h2-10,12,16H,11,19H2,1H3,(H,20,21). The highest BCUT2D eigenvalue weighted by molar-refractivity contribution is 5.62. The second-order valence-electron chi connectivity index (χ2n) is 5.28. The number of hydrogen-bond donors (Lipinski definition) is 2. The largest absolute Gasteiger partial charge is 0.342 e. The van der Waals surface area contributed by atoms with Crippen molar-refractivity contribution in [2.24, 2.45) is 5.73 Å². The van der Waals surface area contributed by atoms with E-state index >= 15 is 0 Å². The molecular formula is C18H19N3. The number of imidazole rings is 1. The Bertz CT molecular complexity index is 716. The minimum absolute atomic E-state index is 0.0397. The van der Waals surface area contributed by atoms with Gasteiger partial charge in [0.05, 0.1) is 11.9 Å². The zero-order chi connectivity index (χ0) is 14.7. The van der Waals surface area contributed by atoms with Crippen LogP contribution in [-0.2, 0) is 6.42 Å². The smallest absolute Gasteiger partial charge is 0.108 e. The molecule has 0 aliphatic heterocycles. The van der Waals surface area contributed by atoms with Gasteiger partial charge in [-0.2, -0.15) is 0 Å². The van der Waals surface area contributed by atoms with E-state index in [2.05, 4.69) is 41.2 Å². The molecule has 1 heterocycles. The van der Waals surface area contributed by atoms with E-state index < -0.39 is 0 Å². The van der Waals surface area contributed by atoms with Gasteiger partial charge in [0.15, 0.2) is 0 Å². The van der Waals surface area contributed by atoms with E-state index in [1.807, 2.05) is 36.5 Å². The van der Waals surface area contributed by atoms with Gasteiger partial charge in [0.2, 0.25) is 0 Å². The Balaban J connectivity index is 1.78. The zero-order valence-corrected chi connectivity index (χ0v) is 12.1. The molecule has 3 aromatic rings. The third-order valence-electron chi connectivity index (χ3n) is 3.70. The third-order valence-corrected chi connectivity index (χ3v) is 3.70. The molecule has 0 spiro atoms. The Morgan fingerprint density at radius 3 is 2.52 bits per heavy atom. The maximum absolute atomic E-state index is 6.24. The van der Waals surface area contributed by atoms with Gasteiger partial charge in [-0.15, -0.1) is 0 Å². The first kappa shape index (κ1) is 13.6. The predicted octanol–water partition coefficient (Wildman–Crippen LogP) is 3.63. The summed E-state index contributed by atoms with van der Waals surface area (Å²) in [6, 6.07) is 18.4. The monoisotopic (exact) mass is 277 g/mol. The first-order valence-electron chi connectivity index (χ1n) is 7.14. The lowest BCUT2D eigenvalue weighted by Crippen LogP contribution is -2.13. The Hall–Kier alpha value is -2.39. The van der Waals surface area contributed by atoms with Crippen molar-refractivity contribution in [3.63, 3.8) is 0 Å². The molecule has 0 saturated heterocycles. The van der Waals surface area contributed by atoms with Crippen LogP contribution in [0.4, 0.5) is 0 Å². The van der Waals surface area contributed by atoms with E-state index in [1.165, 1.54) is 11.1 Å². The molecule has 0 bridgehead atoms. The fourth-order valence-corrected chi connectivity index (χ4v) is 2.50. The number of aryl methyl sites for hydroxylation is 1. The first-order valence-corrected chi connectivity index (χ1v) is 7.14. The van der Waals surface area contributed by atoms with Crippen LogP contribution >= 0.6 is 0 Å². The highest BCUT2D eigenvalue weighted by Gasteiger charge is 2.10. The molecule has 1 unspecified atom stereocenters. The van der Waals surface area contributed by atoms with Crippen molar-refractivity contribution >= 4 is 0 Å². The average molecular weight is 277 g/mol. The first-order chi connectivity index (χ1) is 10.2. The molecule has 0 radical (unpaired) electrons. The molecule has 3 rings (SSSR count). The Labute approximate surface area is 124 Å². The van der Waals surface area contributed by atoms with Gasteiger partial charge in [0.25, 0.3) is 0 Å². The van der Waals surface area contributed by atoms with Crippen molar-refractivity contribution < 1.29 is 0 Å². The summed E-state index contributed by atoms with van der Waals surface area (Å²) >= 11 is 0. The Morgan fingerprint density at radius 2 is 1.76 bits per heavy atom. The summed E-state index contributed by atoms with van der Waals surface area (Å²) in [5.41, 5.74) is 10.8. The van der Waals surface area contributed by atoms with Gasteiger partial charge in [-0.3, -0.25) is 0 Å². The maximum atomic E-state index is 6.24. The number of aromatic amines is 1. The van der Waals surface area contributed by atoms with E-state index in [4.69, 9.17) is 5.73 Å². The summed E-state index contributed by atoms with van der Waals surface area (Å²) in [4.78, 5) is 7.84. The van der Waals surface area contributed by atoms with Crippen LogP contribution in [0.2, 0.25) is 0 Å². The fourth-order valence-electron chi connectivity index (χ4n) is 2.50. The number of rotatable bonds is 4. The fraction of sp³-hybridized carbons (Fsp3) is 0.167. The second kappa shape index (κ2) is 5.94. The number of H-pyrrole nitrogens is 1. The van der Waals surface area contributed by atoms with Crippen molar-refractivity contribution in [1.29, 1.82) is 0 Å². The minimum Gasteiger partial charge on any atom is -0.342 e. The number of aromatic nitrogens is 2. The van der Waals surface area contributed by atoms with Crippen molar-refractivity contribution in [2.75, 3.05) is 0 Å². The number of hydrogen-bond acceptors (Lipinski definition) is 2. The minimum atomic E-state index is -0.0397. The SMILES string of the molecule is Cc1ccccc1-c1cnc(CC(N)c2ccccc2)[nH]1. The van der Waals surface area contributed by atoms with E-state index in [0.29, 0.717) is 6.42 Å². The van der Waals surface area contributed by atoms with E-state index in [9.17, 15) is 0 Å². The zero-order valence-electron chi connectivity index (χ0n) is 12.1. The van der Waals surface area contributed by atoms with Crippen LogP contribution in [0, 0.1) is 6.92 Å². The van der Waals surface area contributed by atoms with Crippen molar-refractivity contribution in [1.82, 2.24) is 9.97 Å². The quantitative estimate of drug-likeness (QED) is 0.765. The maximum Gasteiger partial charge on any atom is 0.108 e. The Kier molecular flexibility index (Phi) is 3.84. The molecule has 2 aromatic carbocycles. The van der Waals surface area contributed by atoms with E-state index in [0.717, 1.165) is 17.1 Å². The van der Waals surface area contributed by atoms with Gasteiger partial charge in [-0.25, -0.2) is 4.98 Å². The van der Waals surface area contributed by atoms with Gasteiger partial charge >= 0.3 is 0 Å². The number of nitrogens with one attached hydrogen (secondary N) is 1. The molecule has 1 aromatic heterocycles. The highest BCUT2D eigenvalue weighted by atomic mass is 14.9. The van der Waals surface area contributed by atoms with Gasteiger partial charge in [-0.1, -0.05) is 54.6 Å². The normalized spacial score (nSPS) is 12.3. The van der Waals surface area contributed by atoms with Crippen LogP contribution in [0.3, 0.4) is 0 Å². The van der Waals surface area contributed by atoms with E-state index in [1.54, 1.807) is 0 Å². The lowest BCUT2D eigenvalue weighted by atomic mass is 10.0. The molecule has 0 fully saturated rings. The van der Waals surface area contributed by atoms with Crippen LogP contribution in [0.1, 0.15) is 23.0 Å². The van der Waals surface area contributed by atoms with Gasteiger partial charge < -0.3 is 10.7 Å².